The van der Waals surface area contributed by atoms with E-state index in [0.717, 1.165) is 36.7 Å². The second-order valence-corrected chi connectivity index (χ2v) is 7.37. The van der Waals surface area contributed by atoms with Crippen molar-refractivity contribution in [1.82, 2.24) is 4.90 Å². The normalized spacial score (nSPS) is 12.8. The first-order valence-electron chi connectivity index (χ1n) is 6.61. The number of rotatable bonds is 13. The van der Waals surface area contributed by atoms with Crippen LogP contribution in [0.25, 0.3) is 0 Å². The summed E-state index contributed by atoms with van der Waals surface area (Å²) in [4.78, 5) is 14.1. The number of thiocarbonyl (C=S) groups is 1. The van der Waals surface area contributed by atoms with Gasteiger partial charge in [-0.2, -0.15) is 0 Å². The summed E-state index contributed by atoms with van der Waals surface area (Å²) in [6, 6.07) is 0. The lowest BCUT2D eigenvalue weighted by molar-refractivity contribution is -0.134. The van der Waals surface area contributed by atoms with Gasteiger partial charge in [0, 0.05) is 30.0 Å². The van der Waals surface area contributed by atoms with Crippen molar-refractivity contribution in [3.8, 4) is 0 Å². The summed E-state index contributed by atoms with van der Waals surface area (Å²) in [6.45, 7) is 3.23. The fraction of sp³-hybridized carbons (Fsp3) is 0.833. The first kappa shape index (κ1) is 20.6. The number of nitrogens with zero attached hydrogens (tertiary/aromatic N) is 1. The lowest BCUT2D eigenvalue weighted by atomic mass is 9.97. The lowest BCUT2D eigenvalue weighted by Gasteiger charge is -2.23. The number of halogens is 1. The van der Waals surface area contributed by atoms with Gasteiger partial charge in [0.05, 0.1) is 18.3 Å². The Labute approximate surface area is 137 Å². The Balaban J connectivity index is 4.19. The highest BCUT2D eigenvalue weighted by Gasteiger charge is 2.21. The molecule has 0 spiro atoms. The summed E-state index contributed by atoms with van der Waals surface area (Å²) in [5.74, 6) is 0.947. The van der Waals surface area contributed by atoms with E-state index < -0.39 is 8.09 Å². The van der Waals surface area contributed by atoms with Gasteiger partial charge in [-0.15, -0.1) is 11.8 Å². The van der Waals surface area contributed by atoms with Crippen LogP contribution in [-0.4, -0.2) is 41.5 Å². The second kappa shape index (κ2) is 14.5. The number of carbonyl (C=O) groups excluding carboxylic acids is 1. The van der Waals surface area contributed by atoms with Gasteiger partial charge in [0.1, 0.15) is 0 Å². The predicted molar refractivity (Wildman–Crippen MR) is 94.3 cm³/mol. The summed E-state index contributed by atoms with van der Waals surface area (Å²) < 4.78 is 18.7. The van der Waals surface area contributed by atoms with E-state index in [2.05, 4.69) is 6.92 Å². The Bertz CT molecular complexity index is 275. The van der Waals surface area contributed by atoms with E-state index in [0.29, 0.717) is 19.6 Å². The molecule has 0 heterocycles. The minimum atomic E-state index is -0.765. The largest absolute Gasteiger partial charge is 0.345 e. The zero-order valence-electron chi connectivity index (χ0n) is 12.0. The summed E-state index contributed by atoms with van der Waals surface area (Å²) in [7, 11) is 1.06. The second-order valence-electron chi connectivity index (χ2n) is 4.34. The highest BCUT2D eigenvalue weighted by Crippen LogP contribution is 2.31. The van der Waals surface area contributed by atoms with E-state index in [1.165, 1.54) is 11.8 Å². The molecule has 0 saturated heterocycles. The van der Waals surface area contributed by atoms with Crippen molar-refractivity contribution < 1.29 is 13.2 Å². The SMILES string of the molecule is CCCCC(CCOSPF)C(=O)N(C)CCSC=S. The number of amides is 1. The van der Waals surface area contributed by atoms with Gasteiger partial charge in [0.2, 0.25) is 5.91 Å². The fourth-order valence-corrected chi connectivity index (χ4v) is 3.13. The highest BCUT2D eigenvalue weighted by atomic mass is 32.7. The molecule has 0 aliphatic heterocycles. The minimum absolute atomic E-state index is 0.0269. The van der Waals surface area contributed by atoms with Crippen LogP contribution in [0.3, 0.4) is 0 Å². The summed E-state index contributed by atoms with van der Waals surface area (Å²) in [5.41, 5.74) is 0. The number of thioether (sulfide) groups is 1. The van der Waals surface area contributed by atoms with Gasteiger partial charge >= 0.3 is 0 Å². The van der Waals surface area contributed by atoms with Crippen molar-refractivity contribution in [3.63, 3.8) is 0 Å². The molecule has 0 aliphatic rings. The fourth-order valence-electron chi connectivity index (χ4n) is 1.76. The topological polar surface area (TPSA) is 29.5 Å². The van der Waals surface area contributed by atoms with Crippen molar-refractivity contribution in [3.05, 3.63) is 0 Å². The van der Waals surface area contributed by atoms with Crippen molar-refractivity contribution in [2.24, 2.45) is 5.92 Å². The van der Waals surface area contributed by atoms with Crippen LogP contribution in [-0.2, 0) is 8.98 Å². The van der Waals surface area contributed by atoms with Crippen LogP contribution >= 0.6 is 43.7 Å². The molecule has 0 radical (unpaired) electrons. The smallest absolute Gasteiger partial charge is 0.225 e. The molecule has 0 aromatic heterocycles. The summed E-state index contributed by atoms with van der Waals surface area (Å²) in [6.07, 6.45) is 3.61. The molecule has 2 unspecified atom stereocenters. The Hall–Kier alpha value is 0.580. The molecule has 20 heavy (non-hydrogen) atoms. The Morgan fingerprint density at radius 3 is 2.90 bits per heavy atom. The molecule has 118 valence electrons. The van der Waals surface area contributed by atoms with Gasteiger partial charge in [-0.3, -0.25) is 4.79 Å². The standard InChI is InChI=1S/C12H23FNO2PS3/c1-3-4-5-11(6-8-16-20-17-13)12(15)14(2)7-9-19-10-18/h10-11,17H,3-9H2,1-2H3. The number of unbranched alkanes of at least 4 members (excludes halogenated alkanes) is 1. The molecule has 0 aromatic rings. The van der Waals surface area contributed by atoms with E-state index in [1.54, 1.807) is 9.60 Å². The first-order valence-corrected chi connectivity index (χ1v) is 10.5. The molecule has 0 N–H and O–H groups in total. The predicted octanol–water partition coefficient (Wildman–Crippen LogP) is 4.47. The average Bonchev–Trinajstić information content (AvgIpc) is 2.46. The van der Waals surface area contributed by atoms with Crippen molar-refractivity contribution >= 4 is 54.3 Å². The molecular formula is C12H23FNO2PS3. The van der Waals surface area contributed by atoms with Gasteiger partial charge in [0.15, 0.2) is 8.09 Å². The van der Waals surface area contributed by atoms with Crippen LogP contribution in [0.4, 0.5) is 4.20 Å². The van der Waals surface area contributed by atoms with Crippen LogP contribution in [0.5, 0.6) is 0 Å². The monoisotopic (exact) mass is 359 g/mol. The van der Waals surface area contributed by atoms with Crippen molar-refractivity contribution in [1.29, 1.82) is 0 Å². The molecule has 1 amide bonds. The first-order chi connectivity index (χ1) is 9.67. The van der Waals surface area contributed by atoms with Gasteiger partial charge in [-0.25, -0.2) is 4.20 Å². The zero-order chi connectivity index (χ0) is 15.2. The van der Waals surface area contributed by atoms with Crippen LogP contribution in [0.1, 0.15) is 32.6 Å². The molecule has 2 atom stereocenters. The maximum absolute atomic E-state index is 12.4. The molecule has 0 aromatic carbocycles. The molecule has 0 aliphatic carbocycles. The number of hydrogen-bond donors (Lipinski definition) is 0. The Morgan fingerprint density at radius 2 is 2.30 bits per heavy atom. The zero-order valence-corrected chi connectivity index (χ0v) is 15.4. The van der Waals surface area contributed by atoms with E-state index in [9.17, 15) is 8.99 Å². The van der Waals surface area contributed by atoms with Crippen LogP contribution in [0.15, 0.2) is 0 Å². The Morgan fingerprint density at radius 1 is 1.55 bits per heavy atom. The third kappa shape index (κ3) is 10.3. The number of hydrogen-bond acceptors (Lipinski definition) is 5. The van der Waals surface area contributed by atoms with Gasteiger partial charge in [0.25, 0.3) is 0 Å². The van der Waals surface area contributed by atoms with E-state index >= 15 is 0 Å². The van der Waals surface area contributed by atoms with E-state index in [1.807, 2.05) is 7.05 Å². The maximum atomic E-state index is 12.4. The van der Waals surface area contributed by atoms with Crippen LogP contribution < -0.4 is 0 Å². The quantitative estimate of drug-likeness (QED) is 0.209. The average molecular weight is 359 g/mol. The van der Waals surface area contributed by atoms with E-state index in [-0.39, 0.29) is 11.8 Å². The molecule has 0 saturated carbocycles. The molecule has 8 heteroatoms. The third-order valence-corrected chi connectivity index (χ3v) is 4.74. The molecule has 0 bridgehead atoms. The minimum Gasteiger partial charge on any atom is -0.345 e. The molecule has 3 nitrogen and oxygen atoms in total. The lowest BCUT2D eigenvalue weighted by Crippen LogP contribution is -2.35. The third-order valence-electron chi connectivity index (χ3n) is 2.88. The molecule has 0 rings (SSSR count). The Kier molecular flexibility index (Phi) is 14.9. The van der Waals surface area contributed by atoms with Gasteiger partial charge < -0.3 is 9.08 Å². The summed E-state index contributed by atoms with van der Waals surface area (Å²) in [5, 5.41) is 0. The maximum Gasteiger partial charge on any atom is 0.225 e. The van der Waals surface area contributed by atoms with Crippen LogP contribution in [0, 0.1) is 5.92 Å². The molecular weight excluding hydrogens is 336 g/mol. The van der Waals surface area contributed by atoms with Crippen LogP contribution in [0.2, 0.25) is 0 Å². The number of carbonyl (C=O) groups is 1. The highest BCUT2D eigenvalue weighted by molar-refractivity contribution is 8.45. The molecule has 0 fully saturated rings. The van der Waals surface area contributed by atoms with Gasteiger partial charge in [-0.1, -0.05) is 32.0 Å². The van der Waals surface area contributed by atoms with Crippen molar-refractivity contribution in [2.75, 3.05) is 26.0 Å². The van der Waals surface area contributed by atoms with Gasteiger partial charge in [-0.05, 0) is 12.8 Å². The van der Waals surface area contributed by atoms with Crippen molar-refractivity contribution in [2.45, 2.75) is 32.6 Å². The summed E-state index contributed by atoms with van der Waals surface area (Å²) >= 11 is 7.11. The van der Waals surface area contributed by atoms with E-state index in [4.69, 9.17) is 16.4 Å².